The van der Waals surface area contributed by atoms with E-state index < -0.39 is 4.92 Å². The van der Waals surface area contributed by atoms with Gasteiger partial charge in [-0.1, -0.05) is 6.58 Å². The normalized spacial score (nSPS) is 9.33. The van der Waals surface area contributed by atoms with Gasteiger partial charge < -0.3 is 15.2 Å². The smallest absolute Gasteiger partial charge is 0.364 e. The third-order valence-corrected chi connectivity index (χ3v) is 1.27. The van der Waals surface area contributed by atoms with E-state index in [0.29, 0.717) is 0 Å². The molecular weight excluding hydrogens is 160 g/mol. The lowest BCUT2D eigenvalue weighted by atomic mass is 10.3. The molecule has 1 N–H and O–H groups in total. The van der Waals surface area contributed by atoms with E-state index in [-0.39, 0.29) is 17.3 Å². The third kappa shape index (κ3) is 1.39. The largest absolute Gasteiger partial charge is 0.504 e. The molecule has 62 valence electrons. The van der Waals surface area contributed by atoms with E-state index in [1.165, 1.54) is 12.1 Å². The number of hydrogen-bond acceptors (Lipinski definition) is 4. The summed E-state index contributed by atoms with van der Waals surface area (Å²) in [5, 5.41) is 19.3. The number of aromatic hydroxyl groups is 1. The zero-order chi connectivity index (χ0) is 9.14. The molecule has 0 atom stereocenters. The molecule has 0 aliphatic heterocycles. The summed E-state index contributed by atoms with van der Waals surface area (Å²) in [4.78, 5) is 13.1. The predicted octanol–water partition coefficient (Wildman–Crippen LogP) is 1.34. The van der Waals surface area contributed by atoms with Gasteiger partial charge >= 0.3 is 5.82 Å². The van der Waals surface area contributed by atoms with Crippen LogP contribution in [0.2, 0.25) is 0 Å². The molecule has 0 bridgehead atoms. The van der Waals surface area contributed by atoms with Gasteiger partial charge in [-0.05, 0) is 22.0 Å². The highest BCUT2D eigenvalue weighted by Gasteiger charge is 2.11. The van der Waals surface area contributed by atoms with Gasteiger partial charge in [0.25, 0.3) is 0 Å². The van der Waals surface area contributed by atoms with E-state index in [1.807, 2.05) is 0 Å². The highest BCUT2D eigenvalue weighted by atomic mass is 16.6. The first-order valence-electron chi connectivity index (χ1n) is 3.12. The lowest BCUT2D eigenvalue weighted by Gasteiger charge is -1.93. The van der Waals surface area contributed by atoms with Crippen LogP contribution >= 0.6 is 0 Å². The van der Waals surface area contributed by atoms with Gasteiger partial charge in [0.2, 0.25) is 5.69 Å². The van der Waals surface area contributed by atoms with Crippen molar-refractivity contribution in [2.45, 2.75) is 0 Å². The molecule has 5 nitrogen and oxygen atoms in total. The van der Waals surface area contributed by atoms with E-state index in [9.17, 15) is 10.1 Å². The van der Waals surface area contributed by atoms with Crippen LogP contribution in [0.5, 0.6) is 5.75 Å². The zero-order valence-corrected chi connectivity index (χ0v) is 6.10. The van der Waals surface area contributed by atoms with Crippen LogP contribution in [0.25, 0.3) is 6.08 Å². The molecular formula is C7H6N2O3. The van der Waals surface area contributed by atoms with E-state index in [2.05, 4.69) is 11.6 Å². The summed E-state index contributed by atoms with van der Waals surface area (Å²) in [7, 11) is 0. The molecule has 0 unspecified atom stereocenters. The molecule has 0 saturated carbocycles. The highest BCUT2D eigenvalue weighted by Crippen LogP contribution is 2.18. The molecule has 0 aliphatic rings. The van der Waals surface area contributed by atoms with E-state index in [0.717, 1.165) is 6.07 Å². The quantitative estimate of drug-likeness (QED) is 0.531. The van der Waals surface area contributed by atoms with Gasteiger partial charge in [-0.15, -0.1) is 0 Å². The van der Waals surface area contributed by atoms with Crippen LogP contribution in [0.4, 0.5) is 5.82 Å². The summed E-state index contributed by atoms with van der Waals surface area (Å²) in [6, 6.07) is 2.34. The van der Waals surface area contributed by atoms with Crippen molar-refractivity contribution in [1.82, 2.24) is 4.98 Å². The summed E-state index contributed by atoms with van der Waals surface area (Å²) in [5.74, 6) is -0.418. The second kappa shape index (κ2) is 3.00. The molecule has 1 aromatic rings. The Morgan fingerprint density at radius 3 is 2.83 bits per heavy atom. The summed E-state index contributed by atoms with van der Waals surface area (Å²) in [6.45, 7) is 3.35. The second-order valence-electron chi connectivity index (χ2n) is 2.04. The van der Waals surface area contributed by atoms with Crippen molar-refractivity contribution < 1.29 is 10.0 Å². The van der Waals surface area contributed by atoms with Crippen molar-refractivity contribution in [2.24, 2.45) is 0 Å². The molecule has 5 heteroatoms. The van der Waals surface area contributed by atoms with Crippen LogP contribution < -0.4 is 0 Å². The Morgan fingerprint density at radius 1 is 1.67 bits per heavy atom. The SMILES string of the molecule is C=Cc1nc([N+](=O)[O-])ccc1O. The molecule has 12 heavy (non-hydrogen) atoms. The minimum atomic E-state index is -0.633. The Morgan fingerprint density at radius 2 is 2.33 bits per heavy atom. The van der Waals surface area contributed by atoms with Crippen LogP contribution in [0.1, 0.15) is 5.69 Å². The average molecular weight is 166 g/mol. The number of rotatable bonds is 2. The molecule has 0 saturated heterocycles. The fourth-order valence-electron chi connectivity index (χ4n) is 0.709. The number of pyridine rings is 1. The van der Waals surface area contributed by atoms with E-state index in [1.54, 1.807) is 0 Å². The van der Waals surface area contributed by atoms with Gasteiger partial charge in [-0.3, -0.25) is 0 Å². The molecule has 0 spiro atoms. The van der Waals surface area contributed by atoms with E-state index >= 15 is 0 Å². The van der Waals surface area contributed by atoms with Crippen molar-refractivity contribution in [2.75, 3.05) is 0 Å². The predicted molar refractivity (Wildman–Crippen MR) is 42.6 cm³/mol. The Kier molecular flexibility index (Phi) is 2.05. The monoisotopic (exact) mass is 166 g/mol. The van der Waals surface area contributed by atoms with Crippen LogP contribution in [-0.4, -0.2) is 15.0 Å². The maximum absolute atomic E-state index is 10.2. The molecule has 0 fully saturated rings. The Labute approximate surface area is 68.1 Å². The van der Waals surface area contributed by atoms with Crippen LogP contribution in [0.15, 0.2) is 18.7 Å². The van der Waals surface area contributed by atoms with Gasteiger partial charge in [0, 0.05) is 6.07 Å². The van der Waals surface area contributed by atoms with Gasteiger partial charge in [-0.25, -0.2) is 0 Å². The molecule has 1 heterocycles. The third-order valence-electron chi connectivity index (χ3n) is 1.27. The number of nitrogens with zero attached hydrogens (tertiary/aromatic N) is 2. The Balaban J connectivity index is 3.22. The molecule has 0 amide bonds. The van der Waals surface area contributed by atoms with Gasteiger partial charge in [0.05, 0.1) is 0 Å². The van der Waals surface area contributed by atoms with Gasteiger partial charge in [0.1, 0.15) is 0 Å². The lowest BCUT2D eigenvalue weighted by molar-refractivity contribution is -0.389. The molecule has 0 radical (unpaired) electrons. The highest BCUT2D eigenvalue weighted by molar-refractivity contribution is 5.52. The van der Waals surface area contributed by atoms with Gasteiger partial charge in [0.15, 0.2) is 5.75 Å². The minimum Gasteiger partial charge on any atom is -0.504 e. The fraction of sp³-hybridized carbons (Fsp3) is 0. The maximum atomic E-state index is 10.2. The van der Waals surface area contributed by atoms with Crippen molar-refractivity contribution in [3.8, 4) is 5.75 Å². The summed E-state index contributed by atoms with van der Waals surface area (Å²) in [5.41, 5.74) is 0.115. The van der Waals surface area contributed by atoms with Crippen LogP contribution in [-0.2, 0) is 0 Å². The Bertz CT molecular complexity index is 335. The number of hydrogen-bond donors (Lipinski definition) is 1. The van der Waals surface area contributed by atoms with Crippen molar-refractivity contribution in [3.05, 3.63) is 34.5 Å². The summed E-state index contributed by atoms with van der Waals surface area (Å²) >= 11 is 0. The van der Waals surface area contributed by atoms with Gasteiger partial charge in [-0.2, -0.15) is 0 Å². The van der Waals surface area contributed by atoms with Crippen LogP contribution in [0.3, 0.4) is 0 Å². The Hall–Kier alpha value is -1.91. The summed E-state index contributed by atoms with van der Waals surface area (Å²) in [6.07, 6.45) is 1.25. The van der Waals surface area contributed by atoms with Crippen LogP contribution in [0, 0.1) is 10.1 Å². The first-order valence-corrected chi connectivity index (χ1v) is 3.12. The number of aromatic nitrogens is 1. The first kappa shape index (κ1) is 8.19. The number of nitro groups is 1. The second-order valence-corrected chi connectivity index (χ2v) is 2.04. The standard InChI is InChI=1S/C7H6N2O3/c1-2-5-6(10)3-4-7(8-5)9(11)12/h2-4,10H,1H2. The van der Waals surface area contributed by atoms with Crippen molar-refractivity contribution >= 4 is 11.9 Å². The van der Waals surface area contributed by atoms with Crippen molar-refractivity contribution in [3.63, 3.8) is 0 Å². The molecule has 0 aliphatic carbocycles. The zero-order valence-electron chi connectivity index (χ0n) is 6.10. The molecule has 0 aromatic carbocycles. The fourth-order valence-corrected chi connectivity index (χ4v) is 0.709. The maximum Gasteiger partial charge on any atom is 0.364 e. The summed E-state index contributed by atoms with van der Waals surface area (Å²) < 4.78 is 0. The topological polar surface area (TPSA) is 76.3 Å². The lowest BCUT2D eigenvalue weighted by Crippen LogP contribution is -1.93. The molecule has 1 aromatic heterocycles. The minimum absolute atomic E-state index is 0.115. The molecule has 1 rings (SSSR count). The van der Waals surface area contributed by atoms with E-state index in [4.69, 9.17) is 5.11 Å². The average Bonchev–Trinajstić information content (AvgIpc) is 2.05. The van der Waals surface area contributed by atoms with Crippen molar-refractivity contribution in [1.29, 1.82) is 0 Å². The first-order chi connectivity index (χ1) is 5.65.